The molecule has 1 aromatic heterocycles. The van der Waals surface area contributed by atoms with Gasteiger partial charge in [-0.05, 0) is 25.0 Å². The standard InChI is InChI=1S/C20H25N5O5S/c1-25(31(4)28)17-9-13(29-2)7-8-15(17)22-16-10-18(23-19(26)12-5-6-12)21-11-14(16)20(27)24-30-3/h7-12H,5-6H2,1-4H3,(H,24,27)(H2,21,22,23,26). The highest BCUT2D eigenvalue weighted by Crippen LogP contribution is 2.35. The van der Waals surface area contributed by atoms with Crippen molar-refractivity contribution in [3.05, 3.63) is 36.0 Å². The van der Waals surface area contributed by atoms with Crippen molar-refractivity contribution >= 4 is 46.1 Å². The molecule has 166 valence electrons. The number of carbonyl (C=O) groups is 2. The van der Waals surface area contributed by atoms with Crippen LogP contribution >= 0.6 is 0 Å². The van der Waals surface area contributed by atoms with Crippen molar-refractivity contribution in [2.24, 2.45) is 5.92 Å². The van der Waals surface area contributed by atoms with Crippen molar-refractivity contribution < 1.29 is 23.7 Å². The molecule has 1 heterocycles. The molecule has 1 unspecified atom stereocenters. The quantitative estimate of drug-likeness (QED) is 0.394. The summed E-state index contributed by atoms with van der Waals surface area (Å²) in [5.74, 6) is 0.299. The molecule has 0 aliphatic heterocycles. The van der Waals surface area contributed by atoms with Gasteiger partial charge in [-0.25, -0.2) is 10.5 Å². The number of rotatable bonds is 9. The topological polar surface area (TPSA) is 128 Å². The lowest BCUT2D eigenvalue weighted by atomic mass is 10.2. The number of aromatic nitrogens is 1. The first kappa shape index (κ1) is 22.7. The van der Waals surface area contributed by atoms with Crippen LogP contribution in [0.25, 0.3) is 0 Å². The van der Waals surface area contributed by atoms with E-state index in [9.17, 15) is 14.1 Å². The number of nitrogens with zero attached hydrogens (tertiary/aromatic N) is 2. The second kappa shape index (κ2) is 9.86. The van der Waals surface area contributed by atoms with E-state index < -0.39 is 17.3 Å². The normalized spacial score (nSPS) is 13.8. The van der Waals surface area contributed by atoms with Gasteiger partial charge in [-0.15, -0.1) is 0 Å². The summed E-state index contributed by atoms with van der Waals surface area (Å²) in [6.07, 6.45) is 4.63. The SMILES string of the molecule is CONC(=O)c1cnc(NC(=O)C2CC2)cc1Nc1ccc(OC)cc1N(C)[S+](C)[O-]. The number of amides is 2. The number of ether oxygens (including phenoxy) is 1. The van der Waals surface area contributed by atoms with Gasteiger partial charge in [0.2, 0.25) is 5.91 Å². The van der Waals surface area contributed by atoms with Gasteiger partial charge in [-0.2, -0.15) is 4.31 Å². The minimum absolute atomic E-state index is 0.0102. The molecule has 0 spiro atoms. The Balaban J connectivity index is 1.99. The average molecular weight is 448 g/mol. The van der Waals surface area contributed by atoms with Gasteiger partial charge in [0.15, 0.2) is 0 Å². The minimum Gasteiger partial charge on any atom is -0.593 e. The molecule has 2 amide bonds. The average Bonchev–Trinajstić information content (AvgIpc) is 3.59. The summed E-state index contributed by atoms with van der Waals surface area (Å²) in [6.45, 7) is 0. The fraction of sp³-hybridized carbons (Fsp3) is 0.350. The highest BCUT2D eigenvalue weighted by molar-refractivity contribution is 7.92. The van der Waals surface area contributed by atoms with Crippen LogP contribution in [0.15, 0.2) is 30.5 Å². The third kappa shape index (κ3) is 5.57. The smallest absolute Gasteiger partial charge is 0.278 e. The molecule has 0 bridgehead atoms. The van der Waals surface area contributed by atoms with Crippen molar-refractivity contribution in [2.75, 3.05) is 42.5 Å². The molecule has 2 aromatic rings. The van der Waals surface area contributed by atoms with Gasteiger partial charge in [0, 0.05) is 24.2 Å². The Bertz CT molecular complexity index is 967. The Morgan fingerprint density at radius 2 is 1.97 bits per heavy atom. The fourth-order valence-electron chi connectivity index (χ4n) is 2.82. The van der Waals surface area contributed by atoms with Gasteiger partial charge < -0.3 is 19.9 Å². The molecular formula is C20H25N5O5S. The summed E-state index contributed by atoms with van der Waals surface area (Å²) in [7, 11) is 4.55. The van der Waals surface area contributed by atoms with Crippen LogP contribution in [0.4, 0.5) is 22.9 Å². The van der Waals surface area contributed by atoms with Crippen molar-refractivity contribution in [1.82, 2.24) is 10.5 Å². The molecule has 3 rings (SSSR count). The monoisotopic (exact) mass is 447 g/mol. The second-order valence-corrected chi connectivity index (χ2v) is 8.34. The van der Waals surface area contributed by atoms with E-state index in [1.54, 1.807) is 49.0 Å². The maximum atomic E-state index is 12.5. The lowest BCUT2D eigenvalue weighted by Crippen LogP contribution is -2.26. The molecular weight excluding hydrogens is 422 g/mol. The molecule has 1 fully saturated rings. The fourth-order valence-corrected chi connectivity index (χ4v) is 3.25. The Labute approximate surface area is 183 Å². The van der Waals surface area contributed by atoms with E-state index in [0.717, 1.165) is 12.8 Å². The lowest BCUT2D eigenvalue weighted by Gasteiger charge is -2.23. The molecule has 1 aromatic carbocycles. The lowest BCUT2D eigenvalue weighted by molar-refractivity contribution is -0.117. The van der Waals surface area contributed by atoms with Crippen LogP contribution in [0.2, 0.25) is 0 Å². The second-order valence-electron chi connectivity index (χ2n) is 6.94. The van der Waals surface area contributed by atoms with E-state index in [4.69, 9.17) is 9.57 Å². The van der Waals surface area contributed by atoms with Crippen LogP contribution in [0.1, 0.15) is 23.2 Å². The number of hydroxylamine groups is 1. The number of nitrogens with one attached hydrogen (secondary N) is 3. The molecule has 31 heavy (non-hydrogen) atoms. The molecule has 1 atom stereocenters. The number of pyridine rings is 1. The summed E-state index contributed by atoms with van der Waals surface area (Å²) in [4.78, 5) is 33.5. The Kier molecular flexibility index (Phi) is 7.21. The van der Waals surface area contributed by atoms with E-state index in [1.807, 2.05) is 0 Å². The van der Waals surface area contributed by atoms with Crippen molar-refractivity contribution in [3.8, 4) is 5.75 Å². The first-order chi connectivity index (χ1) is 14.8. The summed E-state index contributed by atoms with van der Waals surface area (Å²) < 4.78 is 18.9. The number of hydrogen-bond acceptors (Lipinski definition) is 8. The Morgan fingerprint density at radius 3 is 2.58 bits per heavy atom. The van der Waals surface area contributed by atoms with E-state index >= 15 is 0 Å². The van der Waals surface area contributed by atoms with Crippen molar-refractivity contribution in [2.45, 2.75) is 12.8 Å². The van der Waals surface area contributed by atoms with E-state index in [2.05, 4.69) is 21.1 Å². The number of carbonyl (C=O) groups excluding carboxylic acids is 2. The Hall–Kier alpha value is -3.02. The third-order valence-electron chi connectivity index (χ3n) is 4.74. The predicted molar refractivity (Wildman–Crippen MR) is 119 cm³/mol. The molecule has 1 aliphatic carbocycles. The van der Waals surface area contributed by atoms with E-state index in [0.29, 0.717) is 28.6 Å². The van der Waals surface area contributed by atoms with Crippen LogP contribution in [0.5, 0.6) is 5.75 Å². The summed E-state index contributed by atoms with van der Waals surface area (Å²) in [6, 6.07) is 6.79. The molecule has 3 N–H and O–H groups in total. The number of hydrogen-bond donors (Lipinski definition) is 3. The molecule has 1 aliphatic rings. The summed E-state index contributed by atoms with van der Waals surface area (Å²) >= 11 is -1.30. The first-order valence-electron chi connectivity index (χ1n) is 9.50. The molecule has 11 heteroatoms. The molecule has 0 radical (unpaired) electrons. The van der Waals surface area contributed by atoms with E-state index in [1.165, 1.54) is 13.3 Å². The number of benzene rings is 1. The van der Waals surface area contributed by atoms with Gasteiger partial charge in [-0.3, -0.25) is 14.4 Å². The maximum absolute atomic E-state index is 12.5. The minimum atomic E-state index is -1.30. The van der Waals surface area contributed by atoms with Gasteiger partial charge >= 0.3 is 0 Å². The van der Waals surface area contributed by atoms with Gasteiger partial charge in [0.25, 0.3) is 5.91 Å². The van der Waals surface area contributed by atoms with Gasteiger partial charge in [0.1, 0.15) is 23.5 Å². The van der Waals surface area contributed by atoms with Crippen LogP contribution in [0, 0.1) is 5.92 Å². The zero-order valence-electron chi connectivity index (χ0n) is 17.7. The van der Waals surface area contributed by atoms with Crippen LogP contribution in [-0.2, 0) is 21.0 Å². The summed E-state index contributed by atoms with van der Waals surface area (Å²) in [5.41, 5.74) is 4.03. The number of methoxy groups -OCH3 is 1. The molecule has 1 saturated carbocycles. The highest BCUT2D eigenvalue weighted by Gasteiger charge is 2.30. The predicted octanol–water partition coefficient (Wildman–Crippen LogP) is 2.20. The van der Waals surface area contributed by atoms with Crippen LogP contribution in [0.3, 0.4) is 0 Å². The zero-order valence-corrected chi connectivity index (χ0v) is 18.5. The third-order valence-corrected chi connectivity index (χ3v) is 5.71. The van der Waals surface area contributed by atoms with Crippen molar-refractivity contribution in [3.63, 3.8) is 0 Å². The summed E-state index contributed by atoms with van der Waals surface area (Å²) in [5, 5.41) is 5.96. The zero-order chi connectivity index (χ0) is 22.5. The highest BCUT2D eigenvalue weighted by atomic mass is 32.2. The number of anilines is 4. The van der Waals surface area contributed by atoms with Gasteiger partial charge in [0.05, 0.1) is 49.6 Å². The Morgan fingerprint density at radius 1 is 1.23 bits per heavy atom. The first-order valence-corrected chi connectivity index (χ1v) is 11.0. The van der Waals surface area contributed by atoms with Crippen LogP contribution < -0.4 is 25.2 Å². The van der Waals surface area contributed by atoms with Crippen LogP contribution in [-0.4, -0.2) is 48.9 Å². The molecule has 10 nitrogen and oxygen atoms in total. The van der Waals surface area contributed by atoms with Crippen molar-refractivity contribution in [1.29, 1.82) is 0 Å². The van der Waals surface area contributed by atoms with E-state index in [-0.39, 0.29) is 17.4 Å². The maximum Gasteiger partial charge on any atom is 0.278 e. The molecule has 0 saturated heterocycles. The largest absolute Gasteiger partial charge is 0.593 e. The van der Waals surface area contributed by atoms with Gasteiger partial charge in [-0.1, -0.05) is 0 Å².